The molecule has 0 aliphatic rings. The molecule has 0 fully saturated rings. The van der Waals surface area contributed by atoms with E-state index >= 15 is 0 Å². The molecule has 0 heterocycles. The Morgan fingerprint density at radius 1 is 1.40 bits per heavy atom. The third-order valence-electron chi connectivity index (χ3n) is 1.46. The Balaban J connectivity index is 3.93. The van der Waals surface area contributed by atoms with E-state index in [2.05, 4.69) is 0 Å². The van der Waals surface area contributed by atoms with Gasteiger partial charge < -0.3 is 14.6 Å². The first kappa shape index (κ1) is 13.4. The van der Waals surface area contributed by atoms with E-state index in [-0.39, 0.29) is 12.7 Å². The van der Waals surface area contributed by atoms with Crippen molar-refractivity contribution in [2.45, 2.75) is 13.0 Å². The normalized spacial score (nSPS) is 13.2. The monoisotopic (exact) mass is 214 g/mol. The standard InChI is InChI=1S/C10H14O5/c1-3-4-8(14-2)7-15-10(13)6-5-9(11)12/h3-6,8H,7H2,1-2H3,(H,11,12)/b4-3?,6-5-. The van der Waals surface area contributed by atoms with Crippen LogP contribution >= 0.6 is 0 Å². The van der Waals surface area contributed by atoms with E-state index in [4.69, 9.17) is 14.6 Å². The summed E-state index contributed by atoms with van der Waals surface area (Å²) < 4.78 is 9.69. The lowest BCUT2D eigenvalue weighted by Gasteiger charge is -2.09. The summed E-state index contributed by atoms with van der Waals surface area (Å²) in [6, 6.07) is 0. The zero-order valence-electron chi connectivity index (χ0n) is 8.67. The number of ether oxygens (including phenoxy) is 2. The van der Waals surface area contributed by atoms with E-state index in [9.17, 15) is 9.59 Å². The van der Waals surface area contributed by atoms with E-state index in [1.54, 1.807) is 12.2 Å². The molecule has 0 saturated carbocycles. The maximum absolute atomic E-state index is 10.9. The minimum absolute atomic E-state index is 0.0592. The predicted molar refractivity (Wildman–Crippen MR) is 53.3 cm³/mol. The predicted octanol–water partition coefficient (Wildman–Crippen LogP) is 0.762. The topological polar surface area (TPSA) is 72.8 Å². The first-order valence-electron chi connectivity index (χ1n) is 4.33. The highest BCUT2D eigenvalue weighted by molar-refractivity contribution is 5.90. The second kappa shape index (κ2) is 7.75. The smallest absolute Gasteiger partial charge is 0.331 e. The van der Waals surface area contributed by atoms with Gasteiger partial charge in [-0.3, -0.25) is 0 Å². The van der Waals surface area contributed by atoms with Crippen LogP contribution in [0.3, 0.4) is 0 Å². The van der Waals surface area contributed by atoms with Gasteiger partial charge in [-0.05, 0) is 6.92 Å². The second-order valence-electron chi connectivity index (χ2n) is 2.60. The fourth-order valence-corrected chi connectivity index (χ4v) is 0.769. The van der Waals surface area contributed by atoms with Crippen LogP contribution in [0.1, 0.15) is 6.92 Å². The summed E-state index contributed by atoms with van der Waals surface area (Å²) in [5.41, 5.74) is 0. The van der Waals surface area contributed by atoms with Crippen molar-refractivity contribution in [3.8, 4) is 0 Å². The first-order valence-corrected chi connectivity index (χ1v) is 4.33. The van der Waals surface area contributed by atoms with Crippen molar-refractivity contribution < 1.29 is 24.2 Å². The zero-order chi connectivity index (χ0) is 11.7. The molecule has 0 aromatic carbocycles. The van der Waals surface area contributed by atoms with Crippen LogP contribution in [0.4, 0.5) is 0 Å². The summed E-state index contributed by atoms with van der Waals surface area (Å²) in [6.45, 7) is 1.88. The van der Waals surface area contributed by atoms with Gasteiger partial charge in [-0.2, -0.15) is 0 Å². The van der Waals surface area contributed by atoms with Crippen LogP contribution in [0, 0.1) is 0 Å². The van der Waals surface area contributed by atoms with Crippen molar-refractivity contribution in [3.63, 3.8) is 0 Å². The fourth-order valence-electron chi connectivity index (χ4n) is 0.769. The maximum atomic E-state index is 10.9. The van der Waals surface area contributed by atoms with Gasteiger partial charge in [-0.15, -0.1) is 0 Å². The molecule has 0 radical (unpaired) electrons. The Kier molecular flexibility index (Phi) is 6.92. The minimum Gasteiger partial charge on any atom is -0.478 e. The number of carboxylic acids is 1. The Hall–Kier alpha value is -1.62. The molecular formula is C10H14O5. The average Bonchev–Trinajstić information content (AvgIpc) is 2.21. The molecule has 0 aliphatic carbocycles. The van der Waals surface area contributed by atoms with E-state index in [0.29, 0.717) is 0 Å². The van der Waals surface area contributed by atoms with Crippen LogP contribution in [-0.4, -0.2) is 36.9 Å². The fraction of sp³-hybridized carbons (Fsp3) is 0.400. The number of hydrogen-bond donors (Lipinski definition) is 1. The molecular weight excluding hydrogens is 200 g/mol. The number of carbonyl (C=O) groups excluding carboxylic acids is 1. The number of allylic oxidation sites excluding steroid dienone is 1. The molecule has 84 valence electrons. The molecule has 5 nitrogen and oxygen atoms in total. The third-order valence-corrected chi connectivity index (χ3v) is 1.46. The first-order chi connectivity index (χ1) is 7.10. The van der Waals surface area contributed by atoms with Gasteiger partial charge in [0.2, 0.25) is 0 Å². The van der Waals surface area contributed by atoms with Crippen LogP contribution in [-0.2, 0) is 19.1 Å². The molecule has 0 aromatic rings. The molecule has 15 heavy (non-hydrogen) atoms. The summed E-state index contributed by atoms with van der Waals surface area (Å²) in [6.07, 6.45) is 4.77. The Morgan fingerprint density at radius 2 is 2.07 bits per heavy atom. The van der Waals surface area contributed by atoms with Gasteiger partial charge in [0.1, 0.15) is 12.7 Å². The lowest BCUT2D eigenvalue weighted by molar-refractivity contribution is -0.141. The molecule has 1 unspecified atom stereocenters. The van der Waals surface area contributed by atoms with E-state index in [1.165, 1.54) is 7.11 Å². The number of carboxylic acid groups (broad SMARTS) is 1. The highest BCUT2D eigenvalue weighted by Crippen LogP contribution is 1.95. The van der Waals surface area contributed by atoms with Crippen molar-refractivity contribution in [1.82, 2.24) is 0 Å². The van der Waals surface area contributed by atoms with Gasteiger partial charge in [0.25, 0.3) is 0 Å². The zero-order valence-corrected chi connectivity index (χ0v) is 8.67. The molecule has 1 N–H and O–H groups in total. The Bertz CT molecular complexity index is 267. The number of hydrogen-bond acceptors (Lipinski definition) is 4. The highest BCUT2D eigenvalue weighted by Gasteiger charge is 2.05. The molecule has 0 rings (SSSR count). The summed E-state index contributed by atoms with van der Waals surface area (Å²) in [7, 11) is 1.49. The average molecular weight is 214 g/mol. The molecule has 0 spiro atoms. The largest absolute Gasteiger partial charge is 0.478 e. The van der Waals surface area contributed by atoms with Crippen molar-refractivity contribution in [3.05, 3.63) is 24.3 Å². The third kappa shape index (κ3) is 7.45. The molecule has 0 bridgehead atoms. The quantitative estimate of drug-likeness (QED) is 0.401. The van der Waals surface area contributed by atoms with E-state index in [0.717, 1.165) is 12.2 Å². The minimum atomic E-state index is -1.19. The molecule has 0 aromatic heterocycles. The summed E-state index contributed by atoms with van der Waals surface area (Å²) >= 11 is 0. The molecule has 0 amide bonds. The van der Waals surface area contributed by atoms with Crippen LogP contribution in [0.15, 0.2) is 24.3 Å². The van der Waals surface area contributed by atoms with Gasteiger partial charge in [0.05, 0.1) is 0 Å². The second-order valence-corrected chi connectivity index (χ2v) is 2.60. The van der Waals surface area contributed by atoms with Crippen LogP contribution in [0.5, 0.6) is 0 Å². The summed E-state index contributed by atoms with van der Waals surface area (Å²) in [5, 5.41) is 8.24. The lowest BCUT2D eigenvalue weighted by Crippen LogP contribution is -2.17. The van der Waals surface area contributed by atoms with Crippen molar-refractivity contribution in [2.24, 2.45) is 0 Å². The van der Waals surface area contributed by atoms with Gasteiger partial charge >= 0.3 is 11.9 Å². The Morgan fingerprint density at radius 3 is 2.53 bits per heavy atom. The van der Waals surface area contributed by atoms with Gasteiger partial charge in [-0.25, -0.2) is 9.59 Å². The van der Waals surface area contributed by atoms with E-state index in [1.807, 2.05) is 6.92 Å². The molecule has 5 heteroatoms. The number of carbonyl (C=O) groups is 2. The van der Waals surface area contributed by atoms with Crippen LogP contribution < -0.4 is 0 Å². The van der Waals surface area contributed by atoms with Crippen molar-refractivity contribution in [2.75, 3.05) is 13.7 Å². The lowest BCUT2D eigenvalue weighted by atomic mass is 10.3. The number of rotatable bonds is 6. The van der Waals surface area contributed by atoms with Gasteiger partial charge in [0.15, 0.2) is 0 Å². The van der Waals surface area contributed by atoms with Gasteiger partial charge in [-0.1, -0.05) is 12.2 Å². The SMILES string of the molecule is CC=CC(COC(=O)/C=C\C(=O)O)OC. The van der Waals surface area contributed by atoms with Crippen molar-refractivity contribution in [1.29, 1.82) is 0 Å². The van der Waals surface area contributed by atoms with Gasteiger partial charge in [0, 0.05) is 19.3 Å². The number of methoxy groups -OCH3 is 1. The summed E-state index contributed by atoms with van der Waals surface area (Å²) in [5.74, 6) is -1.90. The van der Waals surface area contributed by atoms with Crippen molar-refractivity contribution >= 4 is 11.9 Å². The molecule has 0 saturated heterocycles. The van der Waals surface area contributed by atoms with E-state index < -0.39 is 11.9 Å². The van der Waals surface area contributed by atoms with Crippen LogP contribution in [0.2, 0.25) is 0 Å². The summed E-state index contributed by atoms with van der Waals surface area (Å²) in [4.78, 5) is 21.0. The number of aliphatic carboxylic acids is 1. The highest BCUT2D eigenvalue weighted by atomic mass is 16.6. The number of esters is 1. The molecule has 0 aliphatic heterocycles. The Labute approximate surface area is 88.0 Å². The maximum Gasteiger partial charge on any atom is 0.331 e. The molecule has 1 atom stereocenters. The van der Waals surface area contributed by atoms with Crippen LogP contribution in [0.25, 0.3) is 0 Å².